The Morgan fingerprint density at radius 2 is 1.71 bits per heavy atom. The Hall–Kier alpha value is -1.80. The summed E-state index contributed by atoms with van der Waals surface area (Å²) < 4.78 is 0. The van der Waals surface area contributed by atoms with E-state index in [4.69, 9.17) is 0 Å². The normalized spacial score (nSPS) is 26.2. The van der Waals surface area contributed by atoms with E-state index in [1.807, 2.05) is 0 Å². The standard InChI is InChI=1S/C19H20N2/c1-20-9-10-21-16-8-3-2-5-13(16)11-14-6-4-7-15-12-17(20)19(21)18(14)15/h2-8,17,19H,9-12H2,1H3. The molecular weight excluding hydrogens is 256 g/mol. The van der Waals surface area contributed by atoms with Crippen LogP contribution in [-0.4, -0.2) is 31.1 Å². The predicted molar refractivity (Wildman–Crippen MR) is 85.9 cm³/mol. The van der Waals surface area contributed by atoms with Crippen molar-refractivity contribution in [3.05, 3.63) is 64.7 Å². The van der Waals surface area contributed by atoms with Crippen LogP contribution in [-0.2, 0) is 12.8 Å². The van der Waals surface area contributed by atoms with Gasteiger partial charge < -0.3 is 4.90 Å². The minimum absolute atomic E-state index is 0.554. The van der Waals surface area contributed by atoms with Crippen LogP contribution in [0.2, 0.25) is 0 Å². The van der Waals surface area contributed by atoms with Gasteiger partial charge in [-0.25, -0.2) is 0 Å². The van der Waals surface area contributed by atoms with Crippen LogP contribution in [0.5, 0.6) is 0 Å². The average Bonchev–Trinajstić information content (AvgIpc) is 2.83. The number of hydrogen-bond donors (Lipinski definition) is 0. The van der Waals surface area contributed by atoms with E-state index in [1.54, 1.807) is 16.7 Å². The Bertz CT molecular complexity index is 721. The fraction of sp³-hybridized carbons (Fsp3) is 0.368. The fourth-order valence-corrected chi connectivity index (χ4v) is 4.65. The number of piperazine rings is 1. The number of likely N-dealkylation sites (N-methyl/N-ethyl adjacent to an activating group) is 1. The van der Waals surface area contributed by atoms with Gasteiger partial charge in [0.05, 0.1) is 6.04 Å². The van der Waals surface area contributed by atoms with Crippen LogP contribution in [0, 0.1) is 0 Å². The van der Waals surface area contributed by atoms with E-state index in [0.29, 0.717) is 12.1 Å². The van der Waals surface area contributed by atoms with E-state index in [9.17, 15) is 0 Å². The zero-order chi connectivity index (χ0) is 14.0. The van der Waals surface area contributed by atoms with Crippen molar-refractivity contribution in [1.29, 1.82) is 0 Å². The lowest BCUT2D eigenvalue weighted by Gasteiger charge is -2.44. The quantitative estimate of drug-likeness (QED) is 0.730. The minimum atomic E-state index is 0.554. The summed E-state index contributed by atoms with van der Waals surface area (Å²) in [5.74, 6) is 0. The number of benzene rings is 2. The van der Waals surface area contributed by atoms with E-state index in [2.05, 4.69) is 59.3 Å². The lowest BCUT2D eigenvalue weighted by molar-refractivity contribution is 0.186. The summed E-state index contributed by atoms with van der Waals surface area (Å²) in [7, 11) is 2.30. The van der Waals surface area contributed by atoms with Gasteiger partial charge >= 0.3 is 0 Å². The van der Waals surface area contributed by atoms with E-state index in [1.165, 1.54) is 24.2 Å². The van der Waals surface area contributed by atoms with Gasteiger partial charge in [0.2, 0.25) is 0 Å². The largest absolute Gasteiger partial charge is 0.361 e. The first-order chi connectivity index (χ1) is 10.3. The maximum absolute atomic E-state index is 2.68. The van der Waals surface area contributed by atoms with Gasteiger partial charge in [-0.1, -0.05) is 36.4 Å². The molecule has 1 saturated heterocycles. The van der Waals surface area contributed by atoms with Crippen molar-refractivity contribution < 1.29 is 0 Å². The number of rotatable bonds is 0. The van der Waals surface area contributed by atoms with Crippen molar-refractivity contribution in [2.24, 2.45) is 0 Å². The molecule has 2 aromatic rings. The van der Waals surface area contributed by atoms with Gasteiger partial charge in [-0.3, -0.25) is 4.90 Å². The zero-order valence-electron chi connectivity index (χ0n) is 12.4. The molecule has 2 heterocycles. The van der Waals surface area contributed by atoms with Crippen molar-refractivity contribution in [2.45, 2.75) is 24.9 Å². The molecule has 1 aliphatic carbocycles. The van der Waals surface area contributed by atoms with Crippen molar-refractivity contribution in [1.82, 2.24) is 4.90 Å². The fourth-order valence-electron chi connectivity index (χ4n) is 4.65. The van der Waals surface area contributed by atoms with Gasteiger partial charge in [0.25, 0.3) is 0 Å². The van der Waals surface area contributed by atoms with Crippen LogP contribution in [0.4, 0.5) is 5.69 Å². The van der Waals surface area contributed by atoms with Gasteiger partial charge in [0.1, 0.15) is 0 Å². The molecule has 3 aliphatic rings. The van der Waals surface area contributed by atoms with Crippen LogP contribution in [0.1, 0.15) is 28.3 Å². The van der Waals surface area contributed by atoms with Gasteiger partial charge in [-0.05, 0) is 48.2 Å². The van der Waals surface area contributed by atoms with Crippen molar-refractivity contribution in [3.63, 3.8) is 0 Å². The zero-order valence-corrected chi connectivity index (χ0v) is 12.4. The first kappa shape index (κ1) is 11.8. The lowest BCUT2D eigenvalue weighted by atomic mass is 9.96. The molecular formula is C19H20N2. The molecule has 2 unspecified atom stereocenters. The molecule has 106 valence electrons. The van der Waals surface area contributed by atoms with Crippen LogP contribution in [0.3, 0.4) is 0 Å². The second-order valence-electron chi connectivity index (χ2n) is 6.69. The number of fused-ring (bicyclic) bond motifs is 2. The van der Waals surface area contributed by atoms with E-state index in [0.717, 1.165) is 13.0 Å². The summed E-state index contributed by atoms with van der Waals surface area (Å²) in [6, 6.07) is 17.1. The van der Waals surface area contributed by atoms with Crippen LogP contribution >= 0.6 is 0 Å². The van der Waals surface area contributed by atoms with Crippen LogP contribution < -0.4 is 4.90 Å². The molecule has 0 spiro atoms. The summed E-state index contributed by atoms with van der Waals surface area (Å²) in [6.45, 7) is 2.31. The monoisotopic (exact) mass is 276 g/mol. The highest BCUT2D eigenvalue weighted by molar-refractivity contribution is 5.63. The molecule has 2 aliphatic heterocycles. The molecule has 2 nitrogen and oxygen atoms in total. The second-order valence-corrected chi connectivity index (χ2v) is 6.69. The molecule has 0 amide bonds. The summed E-state index contributed by atoms with van der Waals surface area (Å²) >= 11 is 0. The molecule has 2 atom stereocenters. The van der Waals surface area contributed by atoms with Gasteiger partial charge in [0.15, 0.2) is 0 Å². The molecule has 5 rings (SSSR count). The molecule has 21 heavy (non-hydrogen) atoms. The Balaban J connectivity index is 1.79. The molecule has 1 fully saturated rings. The molecule has 2 aromatic carbocycles. The highest BCUT2D eigenvalue weighted by Gasteiger charge is 2.44. The summed E-state index contributed by atoms with van der Waals surface area (Å²) in [4.78, 5) is 5.25. The number of para-hydroxylation sites is 1. The summed E-state index contributed by atoms with van der Waals surface area (Å²) in [5, 5.41) is 0. The van der Waals surface area contributed by atoms with Crippen LogP contribution in [0.15, 0.2) is 42.5 Å². The summed E-state index contributed by atoms with van der Waals surface area (Å²) in [5.41, 5.74) is 7.71. The second kappa shape index (κ2) is 4.11. The topological polar surface area (TPSA) is 6.48 Å². The Morgan fingerprint density at radius 3 is 2.67 bits per heavy atom. The summed E-state index contributed by atoms with van der Waals surface area (Å²) in [6.07, 6.45) is 2.30. The number of anilines is 1. The highest BCUT2D eigenvalue weighted by Crippen LogP contribution is 2.47. The van der Waals surface area contributed by atoms with Crippen molar-refractivity contribution in [2.75, 3.05) is 25.0 Å². The Labute approximate surface area is 126 Å². The molecule has 0 N–H and O–H groups in total. The molecule has 0 bridgehead atoms. The number of nitrogens with zero attached hydrogens (tertiary/aromatic N) is 2. The van der Waals surface area contributed by atoms with Crippen molar-refractivity contribution >= 4 is 5.69 Å². The molecule has 0 saturated carbocycles. The smallest absolute Gasteiger partial charge is 0.0707 e. The van der Waals surface area contributed by atoms with Crippen LogP contribution in [0.25, 0.3) is 0 Å². The maximum atomic E-state index is 2.68. The third kappa shape index (κ3) is 1.51. The Kier molecular flexibility index (Phi) is 2.31. The SMILES string of the molecule is CN1CCN2c3ccccc3Cc3cccc4c3C2C1C4. The highest BCUT2D eigenvalue weighted by atomic mass is 15.3. The number of hydrogen-bond acceptors (Lipinski definition) is 2. The first-order valence-corrected chi connectivity index (χ1v) is 7.98. The van der Waals surface area contributed by atoms with Crippen molar-refractivity contribution in [3.8, 4) is 0 Å². The maximum Gasteiger partial charge on any atom is 0.0707 e. The molecule has 2 heteroatoms. The average molecular weight is 276 g/mol. The van der Waals surface area contributed by atoms with E-state index in [-0.39, 0.29) is 0 Å². The molecule has 0 radical (unpaired) electrons. The van der Waals surface area contributed by atoms with Gasteiger partial charge in [0, 0.05) is 24.8 Å². The lowest BCUT2D eigenvalue weighted by Crippen LogP contribution is -2.52. The third-order valence-electron chi connectivity index (χ3n) is 5.65. The molecule has 0 aromatic heterocycles. The van der Waals surface area contributed by atoms with Gasteiger partial charge in [-0.2, -0.15) is 0 Å². The Morgan fingerprint density at radius 1 is 0.905 bits per heavy atom. The third-order valence-corrected chi connectivity index (χ3v) is 5.65. The predicted octanol–water partition coefficient (Wildman–Crippen LogP) is 3.01. The first-order valence-electron chi connectivity index (χ1n) is 7.98. The minimum Gasteiger partial charge on any atom is -0.361 e. The van der Waals surface area contributed by atoms with E-state index >= 15 is 0 Å². The van der Waals surface area contributed by atoms with E-state index < -0.39 is 0 Å². The van der Waals surface area contributed by atoms with Gasteiger partial charge in [-0.15, -0.1) is 0 Å².